The molecule has 2 heterocycles. The van der Waals surface area contributed by atoms with Gasteiger partial charge in [-0.3, -0.25) is 30.2 Å². The fraction of sp³-hybridized carbons (Fsp3) is 0.480. The van der Waals surface area contributed by atoms with Crippen LogP contribution >= 0.6 is 23.2 Å². The Bertz CT molecular complexity index is 2530. The lowest BCUT2D eigenvalue weighted by Crippen LogP contribution is -2.38. The Morgan fingerprint density at radius 3 is 1.39 bits per heavy atom. The molecule has 0 saturated carbocycles. The van der Waals surface area contributed by atoms with E-state index in [1.54, 1.807) is 0 Å². The minimum Gasteiger partial charge on any atom is -0.491 e. The average Bonchev–Trinajstić information content (AvgIpc) is 3.43. The van der Waals surface area contributed by atoms with Crippen molar-refractivity contribution in [2.24, 2.45) is 21.5 Å². The van der Waals surface area contributed by atoms with Crippen LogP contribution in [0.25, 0.3) is 0 Å². The summed E-state index contributed by atoms with van der Waals surface area (Å²) in [5, 5.41) is 15.8. The van der Waals surface area contributed by atoms with E-state index in [0.717, 1.165) is 55.4 Å². The van der Waals surface area contributed by atoms with E-state index in [-0.39, 0.29) is 63.1 Å². The molecular formula is C50H73Cl2N17O10. The van der Waals surface area contributed by atoms with E-state index in [2.05, 4.69) is 61.8 Å². The van der Waals surface area contributed by atoms with Crippen LogP contribution in [0.4, 0.5) is 27.0 Å². The summed E-state index contributed by atoms with van der Waals surface area (Å²) < 4.78 is 33.7. The molecule has 4 rings (SSSR count). The second-order valence-electron chi connectivity index (χ2n) is 16.9. The largest absolute Gasteiger partial charge is 0.491 e. The average molecular weight is 1140 g/mol. The van der Waals surface area contributed by atoms with E-state index in [4.69, 9.17) is 80.3 Å². The molecule has 6 amide bonds. The number of aliphatic imine (C=N–C) groups is 2. The van der Waals surface area contributed by atoms with Crippen molar-refractivity contribution in [1.82, 2.24) is 51.8 Å². The summed E-state index contributed by atoms with van der Waals surface area (Å²) in [6.07, 6.45) is 7.58. The van der Waals surface area contributed by atoms with Crippen molar-refractivity contribution in [2.45, 2.75) is 51.4 Å². The first-order valence-corrected chi connectivity index (χ1v) is 26.4. The Morgan fingerprint density at radius 2 is 0.911 bits per heavy atom. The molecule has 16 N–H and O–H groups in total. The highest BCUT2D eigenvalue weighted by Crippen LogP contribution is 2.18. The number of hydrogen-bond acceptors (Lipinski definition) is 19. The van der Waals surface area contributed by atoms with Crippen LogP contribution in [0.2, 0.25) is 10.3 Å². The highest BCUT2D eigenvalue weighted by atomic mass is 35.5. The maximum atomic E-state index is 12.4. The van der Waals surface area contributed by atoms with Gasteiger partial charge in [-0.25, -0.2) is 29.5 Å². The fourth-order valence-electron chi connectivity index (χ4n) is 6.69. The summed E-state index contributed by atoms with van der Waals surface area (Å²) >= 11 is 11.6. The second-order valence-corrected chi connectivity index (χ2v) is 17.6. The predicted octanol–water partition coefficient (Wildman–Crippen LogP) is 2.36. The Kier molecular flexibility index (Phi) is 30.8. The van der Waals surface area contributed by atoms with E-state index >= 15 is 0 Å². The molecule has 0 unspecified atom stereocenters. The van der Waals surface area contributed by atoms with E-state index in [9.17, 15) is 19.2 Å². The summed E-state index contributed by atoms with van der Waals surface area (Å²) in [7, 11) is 0. The molecule has 0 aliphatic heterocycles. The highest BCUT2D eigenvalue weighted by molar-refractivity contribution is 6.32. The van der Waals surface area contributed by atoms with Crippen LogP contribution < -0.4 is 70.0 Å². The van der Waals surface area contributed by atoms with E-state index in [1.807, 2.05) is 48.5 Å². The summed E-state index contributed by atoms with van der Waals surface area (Å²) in [5.74, 6) is -0.196. The molecule has 0 bridgehead atoms. The Hall–Kier alpha value is -7.56. The van der Waals surface area contributed by atoms with Crippen LogP contribution in [-0.4, -0.2) is 161 Å². The van der Waals surface area contributed by atoms with Crippen molar-refractivity contribution in [1.29, 1.82) is 0 Å². The van der Waals surface area contributed by atoms with Crippen molar-refractivity contribution in [3.8, 4) is 11.5 Å². The monoisotopic (exact) mass is 1140 g/mol. The number of halogens is 2. The lowest BCUT2D eigenvalue weighted by Gasteiger charge is -2.10. The minimum absolute atomic E-state index is 0.0249. The molecule has 4 aromatic rings. The zero-order valence-corrected chi connectivity index (χ0v) is 45.6. The molecule has 0 spiro atoms. The van der Waals surface area contributed by atoms with E-state index < -0.39 is 11.8 Å². The first-order valence-electron chi connectivity index (χ1n) is 25.6. The standard InChI is InChI=1S/C50H73Cl2N17O10/c51-40-43(54)64-33-38(65-40)45(70)68-47(56)58-19-5-7-34-9-13-36(14-10-34)78-31-29-76-27-25-74-23-21-62-49(72)60-17-3-1-2-4-18-61-50(73)63-22-24-75-26-28-77-30-32-79-37-15-11-35(12-16-37)8-6-20-59-48(57)69-46(71)39-42(53)67-44(55)41(52)66-39/h9-16,33H,1-8,17-32H2,(H2,54,64)(H4,53,55,67)(H2,60,62,72)(H2,61,63,73)(H3,56,58,68,70)(H3,57,59,69,71). The number of unbranched alkanes of at least 4 members (excludes halogenated alkanes) is 3. The smallest absolute Gasteiger partial charge is 0.314 e. The van der Waals surface area contributed by atoms with Gasteiger partial charge >= 0.3 is 12.1 Å². The number of urea groups is 2. The normalized spacial score (nSPS) is 11.4. The number of hydrogen-bond donors (Lipinski definition) is 11. The number of benzene rings is 2. The van der Waals surface area contributed by atoms with E-state index in [0.29, 0.717) is 124 Å². The highest BCUT2D eigenvalue weighted by Gasteiger charge is 2.17. The number of carbonyl (C=O) groups excluding carboxylic acids is 4. The predicted molar refractivity (Wildman–Crippen MR) is 300 cm³/mol. The Morgan fingerprint density at radius 1 is 0.481 bits per heavy atom. The van der Waals surface area contributed by atoms with E-state index in [1.165, 1.54) is 6.20 Å². The molecule has 2 aromatic carbocycles. The van der Waals surface area contributed by atoms with Gasteiger partial charge in [0.15, 0.2) is 45.4 Å². The van der Waals surface area contributed by atoms with Crippen LogP contribution in [0, 0.1) is 0 Å². The number of ether oxygens (including phenoxy) is 6. The van der Waals surface area contributed by atoms with Crippen LogP contribution in [0.3, 0.4) is 0 Å². The van der Waals surface area contributed by atoms with Gasteiger partial charge in [0.1, 0.15) is 30.4 Å². The summed E-state index contributed by atoms with van der Waals surface area (Å²) in [6.45, 7) is 6.44. The molecule has 0 saturated heterocycles. The van der Waals surface area contributed by atoms with Crippen LogP contribution in [-0.2, 0) is 31.8 Å². The van der Waals surface area contributed by atoms with Crippen molar-refractivity contribution in [2.75, 3.05) is 123 Å². The molecule has 0 atom stereocenters. The first kappa shape index (κ1) is 64.0. The summed E-state index contributed by atoms with van der Waals surface area (Å²) in [4.78, 5) is 72.3. The maximum Gasteiger partial charge on any atom is 0.314 e. The fourth-order valence-corrected chi connectivity index (χ4v) is 6.95. The third kappa shape index (κ3) is 28.1. The maximum absolute atomic E-state index is 12.4. The number of guanidine groups is 2. The minimum atomic E-state index is -0.696. The number of anilines is 3. The molecule has 432 valence electrons. The Balaban J connectivity index is 0.838. The molecule has 0 aliphatic rings. The number of aromatic nitrogens is 4. The lowest BCUT2D eigenvalue weighted by molar-refractivity contribution is 0.0377. The van der Waals surface area contributed by atoms with Crippen LogP contribution in [0.1, 0.15) is 70.6 Å². The van der Waals surface area contributed by atoms with Crippen molar-refractivity contribution in [3.05, 3.63) is 87.5 Å². The zero-order valence-electron chi connectivity index (χ0n) is 44.1. The number of nitrogens with zero attached hydrogens (tertiary/aromatic N) is 6. The first-order chi connectivity index (χ1) is 38.3. The molecule has 27 nitrogen and oxygen atoms in total. The van der Waals surface area contributed by atoms with Crippen molar-refractivity contribution in [3.63, 3.8) is 0 Å². The number of aryl methyl sites for hydroxylation is 2. The quantitative estimate of drug-likeness (QED) is 0.0175. The lowest BCUT2D eigenvalue weighted by atomic mass is 10.1. The van der Waals surface area contributed by atoms with Gasteiger partial charge in [0.2, 0.25) is 0 Å². The molecule has 0 aliphatic carbocycles. The van der Waals surface area contributed by atoms with Gasteiger partial charge in [0, 0.05) is 39.3 Å². The third-order valence-electron chi connectivity index (χ3n) is 10.7. The van der Waals surface area contributed by atoms with Crippen LogP contribution in [0.15, 0.2) is 64.7 Å². The number of carbonyl (C=O) groups is 4. The topological polar surface area (TPSA) is 402 Å². The number of amides is 6. The van der Waals surface area contributed by atoms with Gasteiger partial charge in [0.05, 0.1) is 59.1 Å². The Labute approximate surface area is 468 Å². The number of nitrogens with two attached hydrogens (primary N) is 5. The SMILES string of the molecule is NC(=NCCCc1ccc(OCCOCCOCCNC(=O)NCCCCCCNC(=O)NCCOCCOCCOc2ccc(CCCN=C(N)NC(=O)c3nc(Cl)c(N)nc3N)cc2)cc1)NC(=O)c1cnc(N)c(Cl)n1. The van der Waals surface area contributed by atoms with Gasteiger partial charge in [-0.1, -0.05) is 60.3 Å². The van der Waals surface area contributed by atoms with Crippen LogP contribution in [0.5, 0.6) is 11.5 Å². The number of rotatable bonds is 37. The number of nitrogens with one attached hydrogen (secondary N) is 6. The van der Waals surface area contributed by atoms with Crippen molar-refractivity contribution < 1.29 is 47.6 Å². The van der Waals surface area contributed by atoms with Gasteiger partial charge < -0.3 is 78.4 Å². The van der Waals surface area contributed by atoms with Gasteiger partial charge in [0.25, 0.3) is 11.8 Å². The van der Waals surface area contributed by atoms with Crippen molar-refractivity contribution >= 4 is 76.5 Å². The number of nitrogen functional groups attached to an aromatic ring is 3. The summed E-state index contributed by atoms with van der Waals surface area (Å²) in [6, 6.07) is 14.9. The molecule has 0 fully saturated rings. The second kappa shape index (κ2) is 38.1. The molecular weight excluding hydrogens is 1070 g/mol. The van der Waals surface area contributed by atoms with Gasteiger partial charge in [-0.05, 0) is 73.9 Å². The van der Waals surface area contributed by atoms with Gasteiger partial charge in [-0.2, -0.15) is 0 Å². The third-order valence-corrected chi connectivity index (χ3v) is 11.3. The van der Waals surface area contributed by atoms with Gasteiger partial charge in [-0.15, -0.1) is 0 Å². The molecule has 29 heteroatoms. The molecule has 0 radical (unpaired) electrons. The summed E-state index contributed by atoms with van der Waals surface area (Å²) in [5.41, 5.74) is 30.3. The molecule has 79 heavy (non-hydrogen) atoms. The zero-order chi connectivity index (χ0) is 56.9. The molecule has 2 aromatic heterocycles.